The first kappa shape index (κ1) is 22.3. The van der Waals surface area contributed by atoms with Crippen LogP contribution in [0.1, 0.15) is 29.2 Å². The number of para-hydroxylation sites is 1. The number of methoxy groups -OCH3 is 2. The highest BCUT2D eigenvalue weighted by molar-refractivity contribution is 5.91. The van der Waals surface area contributed by atoms with Crippen molar-refractivity contribution in [3.8, 4) is 11.5 Å². The van der Waals surface area contributed by atoms with Crippen LogP contribution in [0, 0.1) is 0 Å². The number of nitrogens with one attached hydrogen (secondary N) is 1. The molecule has 0 aliphatic carbocycles. The molecule has 1 atom stereocenters. The largest absolute Gasteiger partial charge is 0.493 e. The van der Waals surface area contributed by atoms with Gasteiger partial charge < -0.3 is 24.8 Å². The van der Waals surface area contributed by atoms with E-state index in [0.29, 0.717) is 23.5 Å². The Kier molecular flexibility index (Phi) is 6.28. The Morgan fingerprint density at radius 3 is 2.42 bits per heavy atom. The minimum Gasteiger partial charge on any atom is -0.493 e. The first-order valence-electron chi connectivity index (χ1n) is 9.36. The Morgan fingerprint density at radius 1 is 1.16 bits per heavy atom. The number of nitrogens with zero attached hydrogens (tertiary/aromatic N) is 1. The lowest BCUT2D eigenvalue weighted by atomic mass is 9.90. The molecule has 0 spiro atoms. The number of halogens is 3. The second-order valence-electron chi connectivity index (χ2n) is 6.94. The molecule has 166 valence electrons. The summed E-state index contributed by atoms with van der Waals surface area (Å²) < 4.78 is 50.4. The third-order valence-corrected chi connectivity index (χ3v) is 5.11. The number of anilines is 1. The molecule has 0 bridgehead atoms. The zero-order chi connectivity index (χ0) is 22.8. The number of carbonyl (C=O) groups is 2. The van der Waals surface area contributed by atoms with E-state index < -0.39 is 41.9 Å². The number of aliphatic carboxylic acids is 1. The van der Waals surface area contributed by atoms with Crippen molar-refractivity contribution in [2.24, 2.45) is 0 Å². The predicted octanol–water partition coefficient (Wildman–Crippen LogP) is 4.33. The molecule has 31 heavy (non-hydrogen) atoms. The van der Waals surface area contributed by atoms with Gasteiger partial charge in [0.25, 0.3) is 0 Å². The smallest absolute Gasteiger partial charge is 0.418 e. The van der Waals surface area contributed by atoms with Gasteiger partial charge >= 0.3 is 18.2 Å². The summed E-state index contributed by atoms with van der Waals surface area (Å²) in [6.07, 6.45) is -4.69. The highest BCUT2D eigenvalue weighted by atomic mass is 19.4. The summed E-state index contributed by atoms with van der Waals surface area (Å²) in [5.41, 5.74) is -0.0525. The molecule has 0 unspecified atom stereocenters. The van der Waals surface area contributed by atoms with Gasteiger partial charge in [0.15, 0.2) is 11.5 Å². The Hall–Kier alpha value is -3.43. The van der Waals surface area contributed by atoms with Gasteiger partial charge in [-0.1, -0.05) is 12.1 Å². The SMILES string of the molecule is COc1cc2c(cc1OC)[C@@H](CC(=O)O)N(C(=O)Nc1ccccc1C(F)(F)F)CC2. The van der Waals surface area contributed by atoms with Gasteiger partial charge in [-0.2, -0.15) is 13.2 Å². The molecule has 2 aromatic carbocycles. The van der Waals surface area contributed by atoms with Crippen molar-refractivity contribution in [1.82, 2.24) is 4.90 Å². The number of alkyl halides is 3. The fourth-order valence-electron chi connectivity index (χ4n) is 3.68. The molecule has 7 nitrogen and oxygen atoms in total. The van der Waals surface area contributed by atoms with Crippen LogP contribution in [-0.4, -0.2) is 42.8 Å². The van der Waals surface area contributed by atoms with Crippen molar-refractivity contribution < 1.29 is 37.3 Å². The number of urea groups is 1. The number of amides is 2. The van der Waals surface area contributed by atoms with E-state index in [4.69, 9.17) is 9.47 Å². The average Bonchev–Trinajstić information content (AvgIpc) is 2.72. The molecular formula is C21H21F3N2O5. The normalized spacial score (nSPS) is 15.8. The number of carbonyl (C=O) groups excluding carboxylic acids is 1. The van der Waals surface area contributed by atoms with Crippen LogP contribution in [0.5, 0.6) is 11.5 Å². The van der Waals surface area contributed by atoms with Crippen LogP contribution in [0.25, 0.3) is 0 Å². The summed E-state index contributed by atoms with van der Waals surface area (Å²) in [5.74, 6) is -0.324. The molecule has 1 aliphatic heterocycles. The van der Waals surface area contributed by atoms with Crippen LogP contribution in [0.15, 0.2) is 36.4 Å². The van der Waals surface area contributed by atoms with Gasteiger partial charge in [-0.15, -0.1) is 0 Å². The lowest BCUT2D eigenvalue weighted by Crippen LogP contribution is -2.43. The number of benzene rings is 2. The van der Waals surface area contributed by atoms with E-state index in [0.717, 1.165) is 17.7 Å². The number of carboxylic acid groups (broad SMARTS) is 1. The van der Waals surface area contributed by atoms with E-state index in [9.17, 15) is 27.9 Å². The fraction of sp³-hybridized carbons (Fsp3) is 0.333. The molecule has 1 aliphatic rings. The van der Waals surface area contributed by atoms with Crippen molar-refractivity contribution in [2.75, 3.05) is 26.1 Å². The maximum atomic E-state index is 13.3. The van der Waals surface area contributed by atoms with E-state index in [1.807, 2.05) is 0 Å². The van der Waals surface area contributed by atoms with Gasteiger partial charge in [0.05, 0.1) is 37.9 Å². The second kappa shape index (κ2) is 8.75. The summed E-state index contributed by atoms with van der Waals surface area (Å²) in [4.78, 5) is 25.7. The van der Waals surface area contributed by atoms with Gasteiger partial charge in [-0.05, 0) is 41.8 Å². The maximum absolute atomic E-state index is 13.3. The molecule has 2 N–H and O–H groups in total. The van der Waals surface area contributed by atoms with Crippen molar-refractivity contribution in [3.05, 3.63) is 53.1 Å². The Balaban J connectivity index is 1.96. The molecule has 1 heterocycles. The van der Waals surface area contributed by atoms with Gasteiger partial charge in [-0.25, -0.2) is 4.79 Å². The molecule has 0 aromatic heterocycles. The average molecular weight is 438 g/mol. The van der Waals surface area contributed by atoms with Gasteiger partial charge in [0.1, 0.15) is 0 Å². The number of hydrogen-bond donors (Lipinski definition) is 2. The molecule has 0 saturated carbocycles. The monoisotopic (exact) mass is 438 g/mol. The van der Waals surface area contributed by atoms with Crippen molar-refractivity contribution in [1.29, 1.82) is 0 Å². The van der Waals surface area contributed by atoms with E-state index in [-0.39, 0.29) is 6.54 Å². The Bertz CT molecular complexity index is 993. The summed E-state index contributed by atoms with van der Waals surface area (Å²) in [6.45, 7) is 0.125. The Labute approximate surface area is 176 Å². The fourth-order valence-corrected chi connectivity index (χ4v) is 3.68. The zero-order valence-electron chi connectivity index (χ0n) is 16.8. The van der Waals surface area contributed by atoms with Crippen LogP contribution < -0.4 is 14.8 Å². The number of ether oxygens (including phenoxy) is 2. The maximum Gasteiger partial charge on any atom is 0.418 e. The third-order valence-electron chi connectivity index (χ3n) is 5.11. The standard InChI is InChI=1S/C21H21F3N2O5/c1-30-17-9-12-7-8-26(16(11-19(27)28)13(12)10-18(17)31-2)20(29)25-15-6-4-3-5-14(15)21(22,23)24/h3-6,9-10,16H,7-8,11H2,1-2H3,(H,25,29)(H,27,28)/t16-/m1/s1. The topological polar surface area (TPSA) is 88.1 Å². The van der Waals surface area contributed by atoms with E-state index in [1.54, 1.807) is 12.1 Å². The predicted molar refractivity (Wildman–Crippen MR) is 105 cm³/mol. The molecule has 2 amide bonds. The minimum absolute atomic E-state index is 0.125. The van der Waals surface area contributed by atoms with Crippen LogP contribution in [0.3, 0.4) is 0 Å². The second-order valence-corrected chi connectivity index (χ2v) is 6.94. The molecule has 0 saturated heterocycles. The van der Waals surface area contributed by atoms with E-state index in [2.05, 4.69) is 5.32 Å². The molecule has 2 aromatic rings. The van der Waals surface area contributed by atoms with Crippen LogP contribution in [-0.2, 0) is 17.4 Å². The van der Waals surface area contributed by atoms with E-state index >= 15 is 0 Å². The molecule has 10 heteroatoms. The number of rotatable bonds is 5. The first-order valence-corrected chi connectivity index (χ1v) is 9.36. The first-order chi connectivity index (χ1) is 14.7. The molecule has 0 radical (unpaired) electrons. The third kappa shape index (κ3) is 4.68. The lowest BCUT2D eigenvalue weighted by molar-refractivity contribution is -0.138. The number of hydrogen-bond acceptors (Lipinski definition) is 4. The zero-order valence-corrected chi connectivity index (χ0v) is 16.8. The van der Waals surface area contributed by atoms with Crippen LogP contribution in [0.2, 0.25) is 0 Å². The molecule has 3 rings (SSSR count). The van der Waals surface area contributed by atoms with Gasteiger partial charge in [-0.3, -0.25) is 4.79 Å². The number of fused-ring (bicyclic) bond motifs is 1. The minimum atomic E-state index is -4.65. The molecule has 0 fully saturated rings. The summed E-state index contributed by atoms with van der Waals surface area (Å²) in [5, 5.41) is 11.7. The van der Waals surface area contributed by atoms with Gasteiger partial charge in [0.2, 0.25) is 0 Å². The quantitative estimate of drug-likeness (QED) is 0.726. The van der Waals surface area contributed by atoms with Crippen molar-refractivity contribution >= 4 is 17.7 Å². The van der Waals surface area contributed by atoms with Gasteiger partial charge in [0, 0.05) is 6.54 Å². The summed E-state index contributed by atoms with van der Waals surface area (Å²) in [6, 6.07) is 6.24. The molecular weight excluding hydrogens is 417 g/mol. The van der Waals surface area contributed by atoms with Crippen LogP contribution >= 0.6 is 0 Å². The van der Waals surface area contributed by atoms with Crippen molar-refractivity contribution in [3.63, 3.8) is 0 Å². The Morgan fingerprint density at radius 2 is 1.81 bits per heavy atom. The summed E-state index contributed by atoms with van der Waals surface area (Å²) in [7, 11) is 2.90. The van der Waals surface area contributed by atoms with Crippen LogP contribution in [0.4, 0.5) is 23.7 Å². The lowest BCUT2D eigenvalue weighted by Gasteiger charge is -2.37. The summed E-state index contributed by atoms with van der Waals surface area (Å²) >= 11 is 0. The van der Waals surface area contributed by atoms with Crippen molar-refractivity contribution in [2.45, 2.75) is 25.1 Å². The van der Waals surface area contributed by atoms with E-state index in [1.165, 1.54) is 31.3 Å². The highest BCUT2D eigenvalue weighted by Crippen LogP contribution is 2.40. The highest BCUT2D eigenvalue weighted by Gasteiger charge is 2.36. The number of carboxylic acids is 1.